The maximum atomic E-state index is 13.0. The highest BCUT2D eigenvalue weighted by Crippen LogP contribution is 2.25. The number of carbonyl (C=O) groups is 1. The van der Waals surface area contributed by atoms with Gasteiger partial charge in [0.05, 0.1) is 18.7 Å². The van der Waals surface area contributed by atoms with Crippen molar-refractivity contribution < 1.29 is 14.3 Å². The van der Waals surface area contributed by atoms with Gasteiger partial charge in [0.15, 0.2) is 0 Å². The van der Waals surface area contributed by atoms with E-state index in [-0.39, 0.29) is 12.0 Å². The average Bonchev–Trinajstić information content (AvgIpc) is 3.11. The molecule has 26 heavy (non-hydrogen) atoms. The quantitative estimate of drug-likeness (QED) is 0.776. The van der Waals surface area contributed by atoms with Gasteiger partial charge in [-0.3, -0.25) is 4.79 Å². The third-order valence-electron chi connectivity index (χ3n) is 4.45. The van der Waals surface area contributed by atoms with Crippen molar-refractivity contribution in [3.63, 3.8) is 0 Å². The number of hydrogen-bond donors (Lipinski definition) is 1. The Labute approximate surface area is 154 Å². The van der Waals surface area contributed by atoms with Crippen LogP contribution in [0.5, 0.6) is 11.5 Å². The van der Waals surface area contributed by atoms with Crippen LogP contribution in [0.1, 0.15) is 28.8 Å². The highest BCUT2D eigenvalue weighted by atomic mass is 16.5. The molecule has 1 amide bonds. The lowest BCUT2D eigenvalue weighted by molar-refractivity contribution is 0.0768. The Morgan fingerprint density at radius 3 is 2.81 bits per heavy atom. The second kappa shape index (κ2) is 8.72. The van der Waals surface area contributed by atoms with Gasteiger partial charge in [0.25, 0.3) is 5.91 Å². The predicted octanol–water partition coefficient (Wildman–Crippen LogP) is 3.02. The molecule has 5 heteroatoms. The van der Waals surface area contributed by atoms with Crippen LogP contribution >= 0.6 is 0 Å². The van der Waals surface area contributed by atoms with Gasteiger partial charge in [-0.15, -0.1) is 0 Å². The normalized spacial score (nSPS) is 16.5. The standard InChI is InChI=1S/C21H26N2O3/c1-16-8-9-19(20(14-16)25-13-5-11-22)21(24)23-12-10-18(15-23)26-17-6-3-2-4-7-17/h2-4,6-9,14,18H,5,10-13,15,22H2,1H3. The van der Waals surface area contributed by atoms with E-state index >= 15 is 0 Å². The molecule has 0 aromatic heterocycles. The van der Waals surface area contributed by atoms with Gasteiger partial charge in [-0.05, 0) is 49.7 Å². The summed E-state index contributed by atoms with van der Waals surface area (Å²) in [4.78, 5) is 14.8. The molecule has 2 N–H and O–H groups in total. The van der Waals surface area contributed by atoms with Gasteiger partial charge in [0.1, 0.15) is 17.6 Å². The van der Waals surface area contributed by atoms with Gasteiger partial charge in [-0.2, -0.15) is 0 Å². The number of rotatable bonds is 7. The lowest BCUT2D eigenvalue weighted by Crippen LogP contribution is -2.31. The highest BCUT2D eigenvalue weighted by Gasteiger charge is 2.29. The average molecular weight is 354 g/mol. The van der Waals surface area contributed by atoms with E-state index in [9.17, 15) is 4.79 Å². The molecule has 1 heterocycles. The first-order valence-corrected chi connectivity index (χ1v) is 9.12. The second-order valence-corrected chi connectivity index (χ2v) is 6.58. The van der Waals surface area contributed by atoms with Crippen LogP contribution in [0.15, 0.2) is 48.5 Å². The fourth-order valence-corrected chi connectivity index (χ4v) is 3.06. The van der Waals surface area contributed by atoms with Crippen LogP contribution in [-0.2, 0) is 0 Å². The summed E-state index contributed by atoms with van der Waals surface area (Å²) >= 11 is 0. The van der Waals surface area contributed by atoms with Crippen molar-refractivity contribution >= 4 is 5.91 Å². The van der Waals surface area contributed by atoms with Crippen molar-refractivity contribution in [1.82, 2.24) is 4.90 Å². The number of nitrogens with two attached hydrogens (primary N) is 1. The summed E-state index contributed by atoms with van der Waals surface area (Å²) in [6.45, 7) is 4.35. The maximum Gasteiger partial charge on any atom is 0.257 e. The largest absolute Gasteiger partial charge is 0.493 e. The molecule has 5 nitrogen and oxygen atoms in total. The van der Waals surface area contributed by atoms with Crippen LogP contribution in [0.25, 0.3) is 0 Å². The fraction of sp³-hybridized carbons (Fsp3) is 0.381. The summed E-state index contributed by atoms with van der Waals surface area (Å²) < 4.78 is 11.8. The minimum Gasteiger partial charge on any atom is -0.493 e. The minimum atomic E-state index is -0.00749. The van der Waals surface area contributed by atoms with Gasteiger partial charge in [-0.1, -0.05) is 24.3 Å². The van der Waals surface area contributed by atoms with Crippen LogP contribution in [0.4, 0.5) is 0 Å². The Kier molecular flexibility index (Phi) is 6.12. The molecule has 1 unspecified atom stereocenters. The number of ether oxygens (including phenoxy) is 2. The number of nitrogens with zero attached hydrogens (tertiary/aromatic N) is 1. The van der Waals surface area contributed by atoms with E-state index in [1.807, 2.05) is 60.4 Å². The number of aryl methyl sites for hydroxylation is 1. The number of hydrogen-bond acceptors (Lipinski definition) is 4. The van der Waals surface area contributed by atoms with Crippen LogP contribution in [0, 0.1) is 6.92 Å². The second-order valence-electron chi connectivity index (χ2n) is 6.58. The molecule has 0 aliphatic carbocycles. The molecule has 1 fully saturated rings. The van der Waals surface area contributed by atoms with Crippen LogP contribution in [0.2, 0.25) is 0 Å². The smallest absolute Gasteiger partial charge is 0.257 e. The predicted molar refractivity (Wildman–Crippen MR) is 102 cm³/mol. The molecule has 0 saturated carbocycles. The SMILES string of the molecule is Cc1ccc(C(=O)N2CCC(Oc3ccccc3)C2)c(OCCCN)c1. The Bertz CT molecular complexity index is 733. The lowest BCUT2D eigenvalue weighted by atomic mass is 10.1. The van der Waals surface area contributed by atoms with E-state index in [0.717, 1.165) is 24.2 Å². The molecule has 3 rings (SSSR count). The molecule has 0 bridgehead atoms. The summed E-state index contributed by atoms with van der Waals surface area (Å²) in [5.74, 6) is 1.47. The molecule has 138 valence electrons. The molecule has 1 aliphatic heterocycles. The molecule has 1 saturated heterocycles. The monoisotopic (exact) mass is 354 g/mol. The molecule has 2 aromatic rings. The molecular formula is C21H26N2O3. The molecular weight excluding hydrogens is 328 g/mol. The summed E-state index contributed by atoms with van der Waals surface area (Å²) in [6, 6.07) is 15.4. The third kappa shape index (κ3) is 4.55. The van der Waals surface area contributed by atoms with Crippen molar-refractivity contribution in [3.8, 4) is 11.5 Å². The van der Waals surface area contributed by atoms with E-state index in [4.69, 9.17) is 15.2 Å². The van der Waals surface area contributed by atoms with E-state index in [1.165, 1.54) is 0 Å². The number of likely N-dealkylation sites (tertiary alicyclic amines) is 1. The van der Waals surface area contributed by atoms with Gasteiger partial charge < -0.3 is 20.1 Å². The van der Waals surface area contributed by atoms with E-state index in [0.29, 0.717) is 37.6 Å². The summed E-state index contributed by atoms with van der Waals surface area (Å²) in [6.07, 6.45) is 1.61. The topological polar surface area (TPSA) is 64.8 Å². The first-order valence-electron chi connectivity index (χ1n) is 9.12. The zero-order chi connectivity index (χ0) is 18.4. The Morgan fingerprint density at radius 2 is 2.04 bits per heavy atom. The van der Waals surface area contributed by atoms with Gasteiger partial charge in [0.2, 0.25) is 0 Å². The zero-order valence-electron chi connectivity index (χ0n) is 15.2. The van der Waals surface area contributed by atoms with Gasteiger partial charge >= 0.3 is 0 Å². The zero-order valence-corrected chi connectivity index (χ0v) is 15.2. The number of para-hydroxylation sites is 1. The lowest BCUT2D eigenvalue weighted by Gasteiger charge is -2.19. The highest BCUT2D eigenvalue weighted by molar-refractivity contribution is 5.97. The fourth-order valence-electron chi connectivity index (χ4n) is 3.06. The van der Waals surface area contributed by atoms with Gasteiger partial charge in [-0.25, -0.2) is 0 Å². The molecule has 1 aliphatic rings. The van der Waals surface area contributed by atoms with Gasteiger partial charge in [0, 0.05) is 13.0 Å². The summed E-state index contributed by atoms with van der Waals surface area (Å²) in [5.41, 5.74) is 7.20. The Balaban J connectivity index is 1.66. The number of amides is 1. The maximum absolute atomic E-state index is 13.0. The first-order chi connectivity index (χ1) is 12.7. The van der Waals surface area contributed by atoms with Crippen molar-refractivity contribution in [2.75, 3.05) is 26.2 Å². The van der Waals surface area contributed by atoms with Crippen molar-refractivity contribution in [3.05, 3.63) is 59.7 Å². The number of benzene rings is 2. The minimum absolute atomic E-state index is 0.00749. The molecule has 1 atom stereocenters. The van der Waals surface area contributed by atoms with E-state index in [1.54, 1.807) is 0 Å². The summed E-state index contributed by atoms with van der Waals surface area (Å²) in [5, 5.41) is 0. The molecule has 0 radical (unpaired) electrons. The summed E-state index contributed by atoms with van der Waals surface area (Å²) in [7, 11) is 0. The molecule has 0 spiro atoms. The van der Waals surface area contributed by atoms with E-state index < -0.39 is 0 Å². The van der Waals surface area contributed by atoms with Crippen LogP contribution in [-0.4, -0.2) is 43.2 Å². The first kappa shape index (κ1) is 18.3. The molecule has 2 aromatic carbocycles. The third-order valence-corrected chi connectivity index (χ3v) is 4.45. The van der Waals surface area contributed by atoms with Crippen LogP contribution in [0.3, 0.4) is 0 Å². The van der Waals surface area contributed by atoms with Crippen molar-refractivity contribution in [2.45, 2.75) is 25.9 Å². The van der Waals surface area contributed by atoms with E-state index in [2.05, 4.69) is 0 Å². The Morgan fingerprint density at radius 1 is 1.23 bits per heavy atom. The van der Waals surface area contributed by atoms with Crippen LogP contribution < -0.4 is 15.2 Å². The van der Waals surface area contributed by atoms with Crippen molar-refractivity contribution in [1.29, 1.82) is 0 Å². The number of carbonyl (C=O) groups excluding carboxylic acids is 1. The van der Waals surface area contributed by atoms with Crippen molar-refractivity contribution in [2.24, 2.45) is 5.73 Å². The Hall–Kier alpha value is -2.53.